The van der Waals surface area contributed by atoms with Gasteiger partial charge in [0.15, 0.2) is 0 Å². The molecule has 1 aromatic heterocycles. The number of carbonyl (C=O) groups excluding carboxylic acids is 1. The summed E-state index contributed by atoms with van der Waals surface area (Å²) in [7, 11) is 0. The number of amides is 1. The Morgan fingerprint density at radius 3 is 2.83 bits per heavy atom. The summed E-state index contributed by atoms with van der Waals surface area (Å²) in [5.74, 6) is -0.300. The Morgan fingerprint density at radius 1 is 1.33 bits per heavy atom. The van der Waals surface area contributed by atoms with Crippen molar-refractivity contribution in [1.29, 1.82) is 0 Å². The molecule has 0 fully saturated rings. The average Bonchev–Trinajstić information content (AvgIpc) is 2.39. The first kappa shape index (κ1) is 12.1. The van der Waals surface area contributed by atoms with Gasteiger partial charge in [-0.05, 0) is 24.1 Å². The van der Waals surface area contributed by atoms with Crippen molar-refractivity contribution in [3.63, 3.8) is 0 Å². The SMILES string of the molecule is CCc1ccccc1NC(=O)c1cncc(O)c1. The molecule has 2 rings (SSSR count). The van der Waals surface area contributed by atoms with E-state index in [4.69, 9.17) is 0 Å². The van der Waals surface area contributed by atoms with Gasteiger partial charge in [-0.15, -0.1) is 0 Å². The topological polar surface area (TPSA) is 62.2 Å². The Morgan fingerprint density at radius 2 is 2.11 bits per heavy atom. The summed E-state index contributed by atoms with van der Waals surface area (Å²) in [6.07, 6.45) is 3.55. The number of anilines is 1. The first-order valence-corrected chi connectivity index (χ1v) is 5.74. The molecule has 1 heterocycles. The van der Waals surface area contributed by atoms with Gasteiger partial charge >= 0.3 is 0 Å². The summed E-state index contributed by atoms with van der Waals surface area (Å²) >= 11 is 0. The van der Waals surface area contributed by atoms with Crippen LogP contribution in [-0.4, -0.2) is 16.0 Å². The van der Waals surface area contributed by atoms with Crippen LogP contribution < -0.4 is 5.32 Å². The Hall–Kier alpha value is -2.36. The van der Waals surface area contributed by atoms with Gasteiger partial charge in [0.2, 0.25) is 0 Å². The number of hydrogen-bond acceptors (Lipinski definition) is 3. The van der Waals surface area contributed by atoms with Crippen LogP contribution in [0.15, 0.2) is 42.7 Å². The number of carbonyl (C=O) groups is 1. The van der Waals surface area contributed by atoms with Crippen molar-refractivity contribution in [2.24, 2.45) is 0 Å². The molecule has 4 heteroatoms. The van der Waals surface area contributed by atoms with E-state index < -0.39 is 0 Å². The van der Waals surface area contributed by atoms with Crippen LogP contribution in [0.3, 0.4) is 0 Å². The highest BCUT2D eigenvalue weighted by atomic mass is 16.3. The molecule has 0 spiro atoms. The Bertz CT molecular complexity index is 567. The van der Waals surface area contributed by atoms with Gasteiger partial charge in [0.1, 0.15) is 5.75 Å². The number of hydrogen-bond donors (Lipinski definition) is 2. The number of nitrogens with zero attached hydrogens (tertiary/aromatic N) is 1. The van der Waals surface area contributed by atoms with E-state index >= 15 is 0 Å². The zero-order chi connectivity index (χ0) is 13.0. The van der Waals surface area contributed by atoms with Crippen LogP contribution in [0.5, 0.6) is 5.75 Å². The molecule has 92 valence electrons. The molecule has 0 saturated carbocycles. The molecule has 0 saturated heterocycles. The number of aromatic nitrogens is 1. The first-order valence-electron chi connectivity index (χ1n) is 5.74. The molecule has 1 amide bonds. The number of rotatable bonds is 3. The van der Waals surface area contributed by atoms with Crippen molar-refractivity contribution in [3.05, 3.63) is 53.9 Å². The highest BCUT2D eigenvalue weighted by Crippen LogP contribution is 2.17. The largest absolute Gasteiger partial charge is 0.506 e. The second-order valence-electron chi connectivity index (χ2n) is 3.90. The molecule has 0 aliphatic heterocycles. The van der Waals surface area contributed by atoms with Crippen LogP contribution >= 0.6 is 0 Å². The maximum atomic E-state index is 12.0. The maximum absolute atomic E-state index is 12.0. The lowest BCUT2D eigenvalue weighted by molar-refractivity contribution is 0.102. The first-order chi connectivity index (χ1) is 8.70. The van der Waals surface area contributed by atoms with Crippen LogP contribution in [0.25, 0.3) is 0 Å². The van der Waals surface area contributed by atoms with Gasteiger partial charge in [-0.1, -0.05) is 25.1 Å². The summed E-state index contributed by atoms with van der Waals surface area (Å²) in [5.41, 5.74) is 2.19. The number of para-hydroxylation sites is 1. The molecule has 2 N–H and O–H groups in total. The standard InChI is InChI=1S/C14H14N2O2/c1-2-10-5-3-4-6-13(10)16-14(18)11-7-12(17)9-15-8-11/h3-9,17H,2H2,1H3,(H,16,18). The molecule has 4 nitrogen and oxygen atoms in total. The van der Waals surface area contributed by atoms with Gasteiger partial charge < -0.3 is 10.4 Å². The number of nitrogens with one attached hydrogen (secondary N) is 1. The van der Waals surface area contributed by atoms with Gasteiger partial charge in [-0.3, -0.25) is 9.78 Å². The minimum atomic E-state index is -0.278. The van der Waals surface area contributed by atoms with Crippen LogP contribution in [0.2, 0.25) is 0 Å². The van der Waals surface area contributed by atoms with E-state index in [0.717, 1.165) is 17.7 Å². The number of aryl methyl sites for hydroxylation is 1. The van der Waals surface area contributed by atoms with Crippen LogP contribution in [0.4, 0.5) is 5.69 Å². The van der Waals surface area contributed by atoms with E-state index in [1.807, 2.05) is 31.2 Å². The molecule has 0 atom stereocenters. The fourth-order valence-corrected chi connectivity index (χ4v) is 1.70. The molecule has 2 aromatic rings. The lowest BCUT2D eigenvalue weighted by Crippen LogP contribution is -2.13. The van der Waals surface area contributed by atoms with E-state index in [1.54, 1.807) is 0 Å². The molecule has 0 bridgehead atoms. The summed E-state index contributed by atoms with van der Waals surface area (Å²) in [6, 6.07) is 9.01. The van der Waals surface area contributed by atoms with Crippen molar-refractivity contribution in [2.75, 3.05) is 5.32 Å². The minimum absolute atomic E-state index is 0.0218. The molecular weight excluding hydrogens is 228 g/mol. The van der Waals surface area contributed by atoms with Crippen molar-refractivity contribution in [1.82, 2.24) is 4.98 Å². The molecule has 1 aromatic carbocycles. The van der Waals surface area contributed by atoms with Crippen LogP contribution in [0, 0.1) is 0 Å². The average molecular weight is 242 g/mol. The summed E-state index contributed by atoms with van der Waals surface area (Å²) in [5, 5.41) is 12.1. The third-order valence-corrected chi connectivity index (χ3v) is 2.63. The monoisotopic (exact) mass is 242 g/mol. The Kier molecular flexibility index (Phi) is 3.57. The van der Waals surface area contributed by atoms with Gasteiger partial charge in [0, 0.05) is 11.9 Å². The van der Waals surface area contributed by atoms with Crippen LogP contribution in [-0.2, 0) is 6.42 Å². The smallest absolute Gasteiger partial charge is 0.257 e. The Labute approximate surface area is 105 Å². The van der Waals surface area contributed by atoms with Crippen LogP contribution in [0.1, 0.15) is 22.8 Å². The molecule has 0 radical (unpaired) electrons. The molecule has 0 unspecified atom stereocenters. The number of aromatic hydroxyl groups is 1. The van der Waals surface area contributed by atoms with E-state index in [-0.39, 0.29) is 11.7 Å². The summed E-state index contributed by atoms with van der Waals surface area (Å²) in [6.45, 7) is 2.03. The third kappa shape index (κ3) is 2.66. The van der Waals surface area contributed by atoms with E-state index in [1.165, 1.54) is 18.5 Å². The lowest BCUT2D eigenvalue weighted by atomic mass is 10.1. The zero-order valence-electron chi connectivity index (χ0n) is 10.1. The van der Waals surface area contributed by atoms with Crippen molar-refractivity contribution < 1.29 is 9.90 Å². The second kappa shape index (κ2) is 5.31. The molecule has 0 aliphatic carbocycles. The van der Waals surface area contributed by atoms with Crippen molar-refractivity contribution in [3.8, 4) is 5.75 Å². The molecule has 18 heavy (non-hydrogen) atoms. The van der Waals surface area contributed by atoms with Crippen molar-refractivity contribution in [2.45, 2.75) is 13.3 Å². The van der Waals surface area contributed by atoms with E-state index in [0.29, 0.717) is 5.56 Å². The van der Waals surface area contributed by atoms with Gasteiger partial charge in [-0.2, -0.15) is 0 Å². The Balaban J connectivity index is 2.21. The lowest BCUT2D eigenvalue weighted by Gasteiger charge is -2.09. The zero-order valence-corrected chi connectivity index (χ0v) is 10.1. The predicted octanol–water partition coefficient (Wildman–Crippen LogP) is 2.60. The summed E-state index contributed by atoms with van der Waals surface area (Å²) < 4.78 is 0. The van der Waals surface area contributed by atoms with E-state index in [9.17, 15) is 9.90 Å². The predicted molar refractivity (Wildman–Crippen MR) is 69.7 cm³/mol. The number of pyridine rings is 1. The third-order valence-electron chi connectivity index (χ3n) is 2.63. The highest BCUT2D eigenvalue weighted by Gasteiger charge is 2.09. The quantitative estimate of drug-likeness (QED) is 0.869. The molecular formula is C14H14N2O2. The highest BCUT2D eigenvalue weighted by molar-refractivity contribution is 6.04. The van der Waals surface area contributed by atoms with E-state index in [2.05, 4.69) is 10.3 Å². The maximum Gasteiger partial charge on any atom is 0.257 e. The second-order valence-corrected chi connectivity index (χ2v) is 3.90. The normalized spacial score (nSPS) is 10.1. The summed E-state index contributed by atoms with van der Waals surface area (Å²) in [4.78, 5) is 15.8. The fraction of sp³-hybridized carbons (Fsp3) is 0.143. The van der Waals surface area contributed by atoms with Crippen molar-refractivity contribution >= 4 is 11.6 Å². The minimum Gasteiger partial charge on any atom is -0.506 e. The molecule has 0 aliphatic rings. The van der Waals surface area contributed by atoms with Gasteiger partial charge in [0.05, 0.1) is 11.8 Å². The fourth-order valence-electron chi connectivity index (χ4n) is 1.70. The van der Waals surface area contributed by atoms with Gasteiger partial charge in [-0.25, -0.2) is 0 Å². The number of benzene rings is 1. The van der Waals surface area contributed by atoms with Gasteiger partial charge in [0.25, 0.3) is 5.91 Å².